The predicted octanol–water partition coefficient (Wildman–Crippen LogP) is 2.39. The first-order valence-electron chi connectivity index (χ1n) is 8.35. The van der Waals surface area contributed by atoms with Gasteiger partial charge in [-0.1, -0.05) is 30.3 Å². The van der Waals surface area contributed by atoms with Gasteiger partial charge in [-0.2, -0.15) is 0 Å². The molecular formula is C18H28N2O3. The second kappa shape index (κ2) is 8.31. The average Bonchev–Trinajstić information content (AvgIpc) is 2.53. The molecule has 1 amide bonds. The average molecular weight is 320 g/mol. The Labute approximate surface area is 138 Å². The van der Waals surface area contributed by atoms with Crippen molar-refractivity contribution in [2.75, 3.05) is 13.1 Å². The van der Waals surface area contributed by atoms with E-state index in [0.29, 0.717) is 6.04 Å². The minimum Gasteiger partial charge on any atom is -0.445 e. The summed E-state index contributed by atoms with van der Waals surface area (Å²) in [6, 6.07) is 10.0. The van der Waals surface area contributed by atoms with Crippen LogP contribution >= 0.6 is 0 Å². The highest BCUT2D eigenvalue weighted by atomic mass is 16.5. The zero-order chi connectivity index (χ0) is 16.8. The summed E-state index contributed by atoms with van der Waals surface area (Å²) in [5.41, 5.74) is 0.969. The lowest BCUT2D eigenvalue weighted by Gasteiger charge is -2.41. The Kier molecular flexibility index (Phi) is 6.42. The van der Waals surface area contributed by atoms with Gasteiger partial charge in [0.2, 0.25) is 0 Å². The minimum absolute atomic E-state index is 0.00835. The fourth-order valence-electron chi connectivity index (χ4n) is 2.98. The van der Waals surface area contributed by atoms with Crippen molar-refractivity contribution in [3.63, 3.8) is 0 Å². The molecule has 1 fully saturated rings. The largest absolute Gasteiger partial charge is 0.445 e. The van der Waals surface area contributed by atoms with Crippen molar-refractivity contribution in [2.45, 2.75) is 52.0 Å². The SMILES string of the molecule is CC(O)C1CC(NC(=O)OCc2ccccc2)CN(C(C)C)C1. The van der Waals surface area contributed by atoms with Gasteiger partial charge in [-0.3, -0.25) is 4.90 Å². The molecule has 0 saturated carbocycles. The maximum Gasteiger partial charge on any atom is 0.407 e. The molecule has 5 heteroatoms. The number of nitrogens with one attached hydrogen (secondary N) is 1. The first kappa shape index (κ1) is 17.8. The number of carbonyl (C=O) groups is 1. The maximum atomic E-state index is 12.0. The van der Waals surface area contributed by atoms with Gasteiger partial charge < -0.3 is 15.2 Å². The van der Waals surface area contributed by atoms with Crippen molar-refractivity contribution in [1.82, 2.24) is 10.2 Å². The van der Waals surface area contributed by atoms with E-state index >= 15 is 0 Å². The third-order valence-electron chi connectivity index (χ3n) is 4.46. The number of benzene rings is 1. The summed E-state index contributed by atoms with van der Waals surface area (Å²) in [7, 11) is 0. The van der Waals surface area contributed by atoms with Crippen LogP contribution in [-0.4, -0.2) is 47.4 Å². The van der Waals surface area contributed by atoms with Gasteiger partial charge in [0, 0.05) is 25.2 Å². The number of rotatable bonds is 5. The topological polar surface area (TPSA) is 61.8 Å². The number of hydrogen-bond acceptors (Lipinski definition) is 4. The molecule has 23 heavy (non-hydrogen) atoms. The van der Waals surface area contributed by atoms with Crippen LogP contribution in [0.1, 0.15) is 32.8 Å². The van der Waals surface area contributed by atoms with E-state index in [9.17, 15) is 9.90 Å². The van der Waals surface area contributed by atoms with Crippen LogP contribution in [0.3, 0.4) is 0 Å². The van der Waals surface area contributed by atoms with E-state index in [1.807, 2.05) is 37.3 Å². The van der Waals surface area contributed by atoms with Crippen LogP contribution in [0, 0.1) is 5.92 Å². The number of carbonyl (C=O) groups excluding carboxylic acids is 1. The van der Waals surface area contributed by atoms with E-state index in [-0.39, 0.29) is 24.7 Å². The monoisotopic (exact) mass is 320 g/mol. The molecule has 1 aromatic carbocycles. The van der Waals surface area contributed by atoms with Crippen LogP contribution in [-0.2, 0) is 11.3 Å². The number of aliphatic hydroxyl groups excluding tert-OH is 1. The van der Waals surface area contributed by atoms with Crippen LogP contribution in [0.2, 0.25) is 0 Å². The highest BCUT2D eigenvalue weighted by molar-refractivity contribution is 5.67. The molecule has 1 heterocycles. The van der Waals surface area contributed by atoms with Gasteiger partial charge in [0.15, 0.2) is 0 Å². The van der Waals surface area contributed by atoms with Crippen LogP contribution in [0.5, 0.6) is 0 Å². The quantitative estimate of drug-likeness (QED) is 0.874. The van der Waals surface area contributed by atoms with Crippen molar-refractivity contribution in [1.29, 1.82) is 0 Å². The van der Waals surface area contributed by atoms with Crippen molar-refractivity contribution in [2.24, 2.45) is 5.92 Å². The Morgan fingerprint density at radius 2 is 2.00 bits per heavy atom. The molecule has 5 nitrogen and oxygen atoms in total. The van der Waals surface area contributed by atoms with Crippen LogP contribution in [0.25, 0.3) is 0 Å². The van der Waals surface area contributed by atoms with E-state index < -0.39 is 6.09 Å². The molecule has 2 N–H and O–H groups in total. The van der Waals surface area contributed by atoms with Crippen LogP contribution < -0.4 is 5.32 Å². The molecule has 3 unspecified atom stereocenters. The van der Waals surface area contributed by atoms with Crippen molar-refractivity contribution < 1.29 is 14.6 Å². The molecule has 0 aliphatic carbocycles. The number of amides is 1. The first-order valence-corrected chi connectivity index (χ1v) is 8.35. The number of likely N-dealkylation sites (tertiary alicyclic amines) is 1. The van der Waals surface area contributed by atoms with Gasteiger partial charge in [0.25, 0.3) is 0 Å². The van der Waals surface area contributed by atoms with Crippen LogP contribution in [0.4, 0.5) is 4.79 Å². The molecule has 1 aliphatic rings. The molecule has 0 bridgehead atoms. The van der Waals surface area contributed by atoms with Crippen molar-refractivity contribution >= 4 is 6.09 Å². The molecule has 2 rings (SSSR count). The number of alkyl carbamates (subject to hydrolysis) is 1. The Morgan fingerprint density at radius 1 is 1.30 bits per heavy atom. The Morgan fingerprint density at radius 3 is 2.61 bits per heavy atom. The standard InChI is InChI=1S/C18H28N2O3/c1-13(2)20-10-16(14(3)21)9-17(11-20)19-18(22)23-12-15-7-5-4-6-8-15/h4-8,13-14,16-17,21H,9-12H2,1-3H3,(H,19,22). The Bertz CT molecular complexity index is 474. The summed E-state index contributed by atoms with van der Waals surface area (Å²) in [6.07, 6.45) is 0.0106. The second-order valence-electron chi connectivity index (χ2n) is 6.69. The molecule has 3 atom stereocenters. The summed E-state index contributed by atoms with van der Waals surface area (Å²) in [6.45, 7) is 8.02. The van der Waals surface area contributed by atoms with Gasteiger partial charge in [-0.05, 0) is 38.7 Å². The van der Waals surface area contributed by atoms with Crippen LogP contribution in [0.15, 0.2) is 30.3 Å². The van der Waals surface area contributed by atoms with Crippen molar-refractivity contribution in [3.05, 3.63) is 35.9 Å². The number of piperidine rings is 1. The van der Waals surface area contributed by atoms with Crippen molar-refractivity contribution in [3.8, 4) is 0 Å². The smallest absolute Gasteiger partial charge is 0.407 e. The lowest BCUT2D eigenvalue weighted by atomic mass is 9.89. The third kappa shape index (κ3) is 5.52. The summed E-state index contributed by atoms with van der Waals surface area (Å²) in [5.74, 6) is 0.172. The van der Waals surface area contributed by atoms with E-state index in [2.05, 4.69) is 24.1 Å². The number of ether oxygens (including phenoxy) is 1. The summed E-state index contributed by atoms with van der Waals surface area (Å²) >= 11 is 0. The first-order chi connectivity index (χ1) is 11.0. The fourth-order valence-corrected chi connectivity index (χ4v) is 2.98. The zero-order valence-electron chi connectivity index (χ0n) is 14.2. The third-order valence-corrected chi connectivity index (χ3v) is 4.46. The highest BCUT2D eigenvalue weighted by Crippen LogP contribution is 2.22. The van der Waals surface area contributed by atoms with E-state index in [0.717, 1.165) is 25.1 Å². The molecule has 0 aromatic heterocycles. The lowest BCUT2D eigenvalue weighted by Crippen LogP contribution is -2.54. The molecular weight excluding hydrogens is 292 g/mol. The van der Waals surface area contributed by atoms with Gasteiger partial charge >= 0.3 is 6.09 Å². The molecule has 1 aliphatic heterocycles. The number of aliphatic hydroxyl groups is 1. The predicted molar refractivity (Wildman–Crippen MR) is 90.0 cm³/mol. The number of hydrogen-bond donors (Lipinski definition) is 2. The molecule has 128 valence electrons. The molecule has 0 spiro atoms. The zero-order valence-corrected chi connectivity index (χ0v) is 14.2. The summed E-state index contributed by atoms with van der Waals surface area (Å²) in [5, 5.41) is 12.9. The Balaban J connectivity index is 1.85. The molecule has 0 radical (unpaired) electrons. The summed E-state index contributed by atoms with van der Waals surface area (Å²) in [4.78, 5) is 14.3. The lowest BCUT2D eigenvalue weighted by molar-refractivity contribution is 0.0337. The number of nitrogens with zero attached hydrogens (tertiary/aromatic N) is 1. The van der Waals surface area contributed by atoms with E-state index in [1.165, 1.54) is 0 Å². The van der Waals surface area contributed by atoms with E-state index in [1.54, 1.807) is 0 Å². The van der Waals surface area contributed by atoms with Gasteiger partial charge in [-0.25, -0.2) is 4.79 Å². The van der Waals surface area contributed by atoms with E-state index in [4.69, 9.17) is 4.74 Å². The van der Waals surface area contributed by atoms with Gasteiger partial charge in [-0.15, -0.1) is 0 Å². The normalized spacial score (nSPS) is 23.5. The Hall–Kier alpha value is -1.59. The van der Waals surface area contributed by atoms with Gasteiger partial charge in [0.05, 0.1) is 6.10 Å². The molecule has 1 aromatic rings. The minimum atomic E-state index is -0.395. The molecule has 1 saturated heterocycles. The fraction of sp³-hybridized carbons (Fsp3) is 0.611. The maximum absolute atomic E-state index is 12.0. The van der Waals surface area contributed by atoms with Gasteiger partial charge in [0.1, 0.15) is 6.61 Å². The summed E-state index contributed by atoms with van der Waals surface area (Å²) < 4.78 is 5.29. The second-order valence-corrected chi connectivity index (χ2v) is 6.69. The highest BCUT2D eigenvalue weighted by Gasteiger charge is 2.31.